The van der Waals surface area contributed by atoms with Gasteiger partial charge in [0.2, 0.25) is 0 Å². The van der Waals surface area contributed by atoms with E-state index in [0.717, 1.165) is 42.4 Å². The minimum Gasteiger partial charge on any atom is -0.481 e. The van der Waals surface area contributed by atoms with Crippen molar-refractivity contribution in [3.63, 3.8) is 0 Å². The summed E-state index contributed by atoms with van der Waals surface area (Å²) >= 11 is 6.44. The largest absolute Gasteiger partial charge is 0.481 e. The molecule has 1 aliphatic rings. The van der Waals surface area contributed by atoms with E-state index in [1.807, 2.05) is 48.5 Å². The number of hydrogen-bond donors (Lipinski definition) is 1. The van der Waals surface area contributed by atoms with E-state index in [9.17, 15) is 14.4 Å². The van der Waals surface area contributed by atoms with Gasteiger partial charge in [0, 0.05) is 41.8 Å². The minimum atomic E-state index is -0.705. The molecule has 1 saturated carbocycles. The van der Waals surface area contributed by atoms with Gasteiger partial charge in [-0.15, -0.1) is 0 Å². The molecule has 0 unspecified atom stereocenters. The van der Waals surface area contributed by atoms with E-state index in [2.05, 4.69) is 12.1 Å². The molecule has 0 spiro atoms. The van der Waals surface area contributed by atoms with Crippen molar-refractivity contribution in [3.05, 3.63) is 94.5 Å². The summed E-state index contributed by atoms with van der Waals surface area (Å²) in [4.78, 5) is 36.1. The summed E-state index contributed by atoms with van der Waals surface area (Å²) in [5.74, 6) is 0.187. The van der Waals surface area contributed by atoms with Crippen molar-refractivity contribution < 1.29 is 19.5 Å². The first-order valence-electron chi connectivity index (χ1n) is 13.1. The van der Waals surface area contributed by atoms with Crippen LogP contribution in [0.4, 0.5) is 0 Å². The number of benzene rings is 3. The SMILES string of the molecule is O=C(O)CC1CCC(c2ccc(CC(=O)CCCC(=O)c3ccc(-c4ccccc4)c(Cl)c3)cc2)CC1. The Morgan fingerprint density at radius 2 is 1.54 bits per heavy atom. The van der Waals surface area contributed by atoms with Crippen molar-refractivity contribution in [2.24, 2.45) is 5.92 Å². The Morgan fingerprint density at radius 3 is 2.19 bits per heavy atom. The van der Waals surface area contributed by atoms with Crippen LogP contribution in [0, 0.1) is 5.92 Å². The quantitative estimate of drug-likeness (QED) is 0.263. The highest BCUT2D eigenvalue weighted by Gasteiger charge is 2.24. The van der Waals surface area contributed by atoms with Crippen LogP contribution in [0.1, 0.15) is 78.8 Å². The molecule has 1 fully saturated rings. The predicted octanol–water partition coefficient (Wildman–Crippen LogP) is 7.92. The normalized spacial score (nSPS) is 17.3. The zero-order valence-corrected chi connectivity index (χ0v) is 21.8. The lowest BCUT2D eigenvalue weighted by Gasteiger charge is -2.28. The summed E-state index contributed by atoms with van der Waals surface area (Å²) in [6.45, 7) is 0. The Kier molecular flexibility index (Phi) is 9.29. The average Bonchev–Trinajstić information content (AvgIpc) is 2.89. The first-order valence-corrected chi connectivity index (χ1v) is 13.5. The van der Waals surface area contributed by atoms with Gasteiger partial charge in [0.15, 0.2) is 5.78 Å². The summed E-state index contributed by atoms with van der Waals surface area (Å²) < 4.78 is 0. The highest BCUT2D eigenvalue weighted by atomic mass is 35.5. The monoisotopic (exact) mass is 516 g/mol. The maximum absolute atomic E-state index is 12.6. The molecule has 4 nitrogen and oxygen atoms in total. The van der Waals surface area contributed by atoms with Crippen molar-refractivity contribution in [2.45, 2.75) is 63.7 Å². The average molecular weight is 517 g/mol. The van der Waals surface area contributed by atoms with E-state index in [1.54, 1.807) is 12.1 Å². The third-order valence-electron chi connectivity index (χ3n) is 7.40. The number of halogens is 1. The van der Waals surface area contributed by atoms with Crippen LogP contribution in [0.25, 0.3) is 11.1 Å². The van der Waals surface area contributed by atoms with Crippen molar-refractivity contribution in [3.8, 4) is 11.1 Å². The highest BCUT2D eigenvalue weighted by molar-refractivity contribution is 6.33. The lowest BCUT2D eigenvalue weighted by molar-refractivity contribution is -0.138. The van der Waals surface area contributed by atoms with E-state index in [4.69, 9.17) is 16.7 Å². The number of carboxylic acid groups (broad SMARTS) is 1. The van der Waals surface area contributed by atoms with Crippen LogP contribution >= 0.6 is 11.6 Å². The fraction of sp³-hybridized carbons (Fsp3) is 0.344. The second-order valence-corrected chi connectivity index (χ2v) is 10.5. The summed E-state index contributed by atoms with van der Waals surface area (Å²) in [5.41, 5.74) is 4.74. The standard InChI is InChI=1S/C32H33ClO4/c33-30-21-27(17-18-29(30)26-5-2-1-3-6-26)31(35)8-4-7-28(34)19-22-9-13-24(14-10-22)25-15-11-23(12-16-25)20-32(36)37/h1-3,5-6,9-10,13-14,17-18,21,23,25H,4,7-8,11-12,15-16,19-20H2,(H,36,37). The molecule has 0 aromatic heterocycles. The van der Waals surface area contributed by atoms with Gasteiger partial charge >= 0.3 is 5.97 Å². The molecule has 0 heterocycles. The van der Waals surface area contributed by atoms with Gasteiger partial charge in [0.25, 0.3) is 0 Å². The van der Waals surface area contributed by atoms with Crippen LogP contribution < -0.4 is 0 Å². The first kappa shape index (κ1) is 26.8. The van der Waals surface area contributed by atoms with Gasteiger partial charge in [-0.1, -0.05) is 78.3 Å². The summed E-state index contributed by atoms with van der Waals surface area (Å²) in [6.07, 6.45) is 5.80. The van der Waals surface area contributed by atoms with Crippen LogP contribution in [0.15, 0.2) is 72.8 Å². The fourth-order valence-electron chi connectivity index (χ4n) is 5.30. The second-order valence-electron chi connectivity index (χ2n) is 10.1. The van der Waals surface area contributed by atoms with Gasteiger partial charge < -0.3 is 5.11 Å². The third kappa shape index (κ3) is 7.62. The molecule has 1 aliphatic carbocycles. The number of rotatable bonds is 11. The molecular formula is C32H33ClO4. The molecular weight excluding hydrogens is 484 g/mol. The Labute approximate surface area is 223 Å². The van der Waals surface area contributed by atoms with Crippen molar-refractivity contribution in [1.29, 1.82) is 0 Å². The van der Waals surface area contributed by atoms with Crippen molar-refractivity contribution in [1.82, 2.24) is 0 Å². The van der Waals surface area contributed by atoms with E-state index in [1.165, 1.54) is 5.56 Å². The van der Waals surface area contributed by atoms with Gasteiger partial charge in [-0.3, -0.25) is 14.4 Å². The smallest absolute Gasteiger partial charge is 0.303 e. The number of carbonyl (C=O) groups excluding carboxylic acids is 2. The van der Waals surface area contributed by atoms with Gasteiger partial charge in [0.1, 0.15) is 5.78 Å². The number of carbonyl (C=O) groups is 3. The number of hydrogen-bond acceptors (Lipinski definition) is 3. The van der Waals surface area contributed by atoms with E-state index in [-0.39, 0.29) is 18.0 Å². The molecule has 4 rings (SSSR count). The molecule has 3 aromatic rings. The molecule has 0 saturated heterocycles. The zero-order chi connectivity index (χ0) is 26.2. The summed E-state index contributed by atoms with van der Waals surface area (Å²) in [6, 6.07) is 23.5. The zero-order valence-electron chi connectivity index (χ0n) is 21.0. The molecule has 3 aromatic carbocycles. The molecule has 0 amide bonds. The van der Waals surface area contributed by atoms with Crippen LogP contribution in [-0.2, 0) is 16.0 Å². The van der Waals surface area contributed by atoms with Crippen molar-refractivity contribution >= 4 is 29.1 Å². The first-order chi connectivity index (χ1) is 17.9. The Morgan fingerprint density at radius 1 is 0.838 bits per heavy atom. The summed E-state index contributed by atoms with van der Waals surface area (Å²) in [5, 5.41) is 9.54. The molecule has 192 valence electrons. The van der Waals surface area contributed by atoms with Crippen molar-refractivity contribution in [2.75, 3.05) is 0 Å². The lowest BCUT2D eigenvalue weighted by Crippen LogP contribution is -2.16. The number of ketones is 2. The lowest BCUT2D eigenvalue weighted by atomic mass is 9.77. The fourth-order valence-corrected chi connectivity index (χ4v) is 5.59. The van der Waals surface area contributed by atoms with Crippen LogP contribution in [0.2, 0.25) is 5.02 Å². The Hall–Kier alpha value is -3.24. The van der Waals surface area contributed by atoms with Crippen LogP contribution in [0.5, 0.6) is 0 Å². The van der Waals surface area contributed by atoms with E-state index in [0.29, 0.717) is 48.1 Å². The van der Waals surface area contributed by atoms with Crippen LogP contribution in [0.3, 0.4) is 0 Å². The number of carboxylic acids is 1. The van der Waals surface area contributed by atoms with Crippen LogP contribution in [-0.4, -0.2) is 22.6 Å². The minimum absolute atomic E-state index is 0.00302. The van der Waals surface area contributed by atoms with Gasteiger partial charge in [-0.25, -0.2) is 0 Å². The van der Waals surface area contributed by atoms with Gasteiger partial charge in [-0.05, 0) is 66.7 Å². The molecule has 0 aliphatic heterocycles. The molecule has 5 heteroatoms. The molecule has 37 heavy (non-hydrogen) atoms. The summed E-state index contributed by atoms with van der Waals surface area (Å²) in [7, 11) is 0. The van der Waals surface area contributed by atoms with E-state index >= 15 is 0 Å². The maximum atomic E-state index is 12.6. The Balaban J connectivity index is 1.21. The molecule has 0 bridgehead atoms. The predicted molar refractivity (Wildman–Crippen MR) is 147 cm³/mol. The Bertz CT molecular complexity index is 1230. The molecule has 0 atom stereocenters. The maximum Gasteiger partial charge on any atom is 0.303 e. The second kappa shape index (κ2) is 12.8. The third-order valence-corrected chi connectivity index (χ3v) is 7.71. The highest BCUT2D eigenvalue weighted by Crippen LogP contribution is 2.37. The molecule has 0 radical (unpaired) electrons. The van der Waals surface area contributed by atoms with E-state index < -0.39 is 5.97 Å². The van der Waals surface area contributed by atoms with Gasteiger partial charge in [-0.2, -0.15) is 0 Å². The molecule has 1 N–H and O–H groups in total. The van der Waals surface area contributed by atoms with Gasteiger partial charge in [0.05, 0.1) is 0 Å². The topological polar surface area (TPSA) is 71.4 Å². The number of Topliss-reactive ketones (excluding diaryl/α,β-unsaturated/α-hetero) is 2. The number of aliphatic carboxylic acids is 1.